The summed E-state index contributed by atoms with van der Waals surface area (Å²) in [7, 11) is -3.70. The maximum atomic E-state index is 12.5. The van der Waals surface area contributed by atoms with Crippen molar-refractivity contribution in [3.63, 3.8) is 0 Å². The van der Waals surface area contributed by atoms with Crippen LogP contribution in [-0.4, -0.2) is 8.42 Å². The lowest BCUT2D eigenvalue weighted by atomic mass is 10.1. The van der Waals surface area contributed by atoms with Gasteiger partial charge in [-0.3, -0.25) is 4.72 Å². The highest BCUT2D eigenvalue weighted by Gasteiger charge is 2.19. The Balaban J connectivity index is 1.98. The van der Waals surface area contributed by atoms with Gasteiger partial charge in [-0.2, -0.15) is 0 Å². The molecule has 0 fully saturated rings. The summed E-state index contributed by atoms with van der Waals surface area (Å²) in [6.07, 6.45) is 2.81. The monoisotopic (exact) mass is 310 g/mol. The fourth-order valence-corrected chi connectivity index (χ4v) is 3.69. The van der Waals surface area contributed by atoms with E-state index in [2.05, 4.69) is 15.6 Å². The average Bonchev–Trinajstić information content (AvgIpc) is 2.90. The van der Waals surface area contributed by atoms with Gasteiger partial charge in [0.1, 0.15) is 0 Å². The van der Waals surface area contributed by atoms with E-state index in [1.807, 2.05) is 19.1 Å². The Morgan fingerprint density at radius 3 is 2.73 bits per heavy atom. The van der Waals surface area contributed by atoms with Crippen LogP contribution in [0, 0.1) is 6.57 Å². The van der Waals surface area contributed by atoms with Crippen molar-refractivity contribution in [2.24, 2.45) is 0 Å². The van der Waals surface area contributed by atoms with Crippen molar-refractivity contribution in [2.75, 3.05) is 4.72 Å². The third-order valence-corrected chi connectivity index (χ3v) is 5.08. The molecule has 0 atom stereocenters. The van der Waals surface area contributed by atoms with Crippen LogP contribution in [0.3, 0.4) is 0 Å². The van der Waals surface area contributed by atoms with E-state index < -0.39 is 10.0 Å². The first kappa shape index (κ1) is 14.4. The Morgan fingerprint density at radius 2 is 1.95 bits per heavy atom. The van der Waals surface area contributed by atoms with E-state index in [1.165, 1.54) is 12.1 Å². The second kappa shape index (κ2) is 5.32. The van der Waals surface area contributed by atoms with Crippen molar-refractivity contribution < 1.29 is 8.42 Å². The fourth-order valence-electron chi connectivity index (χ4n) is 2.56. The number of nitrogens with one attached hydrogen (secondary N) is 1. The van der Waals surface area contributed by atoms with E-state index in [9.17, 15) is 8.42 Å². The number of hydrogen-bond donors (Lipinski definition) is 1. The minimum atomic E-state index is -3.70. The molecule has 22 heavy (non-hydrogen) atoms. The van der Waals surface area contributed by atoms with Crippen LogP contribution in [0.4, 0.5) is 11.4 Å². The van der Waals surface area contributed by atoms with E-state index in [0.717, 1.165) is 23.1 Å². The molecule has 0 amide bonds. The second-order valence-electron chi connectivity index (χ2n) is 5.14. The zero-order valence-electron chi connectivity index (χ0n) is 12.0. The highest BCUT2D eigenvalue weighted by molar-refractivity contribution is 7.92. The Kier molecular flexibility index (Phi) is 3.47. The van der Waals surface area contributed by atoms with Crippen molar-refractivity contribution in [1.29, 1.82) is 0 Å². The maximum absolute atomic E-state index is 12.5. The molecular weight excluding hydrogens is 296 g/mol. The molecule has 4 nitrogen and oxygen atoms in total. The van der Waals surface area contributed by atoms with Gasteiger partial charge in [-0.05, 0) is 48.2 Å². The molecule has 1 aliphatic rings. The normalized spacial score (nSPS) is 13.2. The Bertz CT molecular complexity index is 922. The Hall–Kier alpha value is -2.58. The molecular formula is C17H14N2O2S. The maximum Gasteiger partial charge on any atom is 0.260 e. The quantitative estimate of drug-likeness (QED) is 0.871. The first-order valence-corrected chi connectivity index (χ1v) is 8.29. The molecule has 2 aromatic rings. The molecule has 0 heterocycles. The van der Waals surface area contributed by atoms with E-state index in [-0.39, 0.29) is 4.90 Å². The Morgan fingerprint density at radius 1 is 1.18 bits per heavy atom. The van der Waals surface area contributed by atoms with Crippen molar-refractivity contribution >= 4 is 27.0 Å². The predicted molar refractivity (Wildman–Crippen MR) is 87.3 cm³/mol. The smallest absolute Gasteiger partial charge is 0.260 e. The highest BCUT2D eigenvalue weighted by Crippen LogP contribution is 2.33. The van der Waals surface area contributed by atoms with Crippen LogP contribution in [0.1, 0.15) is 18.1 Å². The summed E-state index contributed by atoms with van der Waals surface area (Å²) in [6.45, 7) is 9.01. The SMILES string of the molecule is [C-]#[N+]c1cccc(S(=O)(=O)Nc2cccc3c2CC=C3C)c1. The lowest BCUT2D eigenvalue weighted by molar-refractivity contribution is 0.601. The van der Waals surface area contributed by atoms with Gasteiger partial charge in [0.25, 0.3) is 10.0 Å². The molecule has 0 bridgehead atoms. The van der Waals surface area contributed by atoms with Crippen LogP contribution < -0.4 is 4.72 Å². The average molecular weight is 310 g/mol. The first-order chi connectivity index (χ1) is 10.5. The fraction of sp³-hybridized carbons (Fsp3) is 0.118. The number of fused-ring (bicyclic) bond motifs is 1. The number of anilines is 1. The number of allylic oxidation sites excluding steroid dienone is 2. The van der Waals surface area contributed by atoms with E-state index in [1.54, 1.807) is 18.2 Å². The molecule has 110 valence electrons. The zero-order chi connectivity index (χ0) is 15.7. The molecule has 0 unspecified atom stereocenters. The van der Waals surface area contributed by atoms with E-state index >= 15 is 0 Å². The predicted octanol–water partition coefficient (Wildman–Crippen LogP) is 4.00. The molecule has 0 radical (unpaired) electrons. The second-order valence-corrected chi connectivity index (χ2v) is 6.82. The molecule has 0 spiro atoms. The summed E-state index contributed by atoms with van der Waals surface area (Å²) in [6, 6.07) is 11.6. The number of hydrogen-bond acceptors (Lipinski definition) is 2. The molecule has 5 heteroatoms. The molecule has 0 saturated heterocycles. The van der Waals surface area contributed by atoms with Crippen molar-refractivity contribution in [3.8, 4) is 0 Å². The van der Waals surface area contributed by atoms with Gasteiger partial charge in [-0.25, -0.2) is 13.3 Å². The minimum Gasteiger partial charge on any atom is -0.279 e. The third kappa shape index (κ3) is 2.49. The summed E-state index contributed by atoms with van der Waals surface area (Å²) < 4.78 is 27.7. The topological polar surface area (TPSA) is 50.5 Å². The van der Waals surface area contributed by atoms with E-state index in [0.29, 0.717) is 11.4 Å². The number of nitrogens with zero attached hydrogens (tertiary/aromatic N) is 1. The lowest BCUT2D eigenvalue weighted by Crippen LogP contribution is -2.14. The van der Waals surface area contributed by atoms with Crippen LogP contribution in [-0.2, 0) is 16.4 Å². The first-order valence-electron chi connectivity index (χ1n) is 6.80. The van der Waals surface area contributed by atoms with Crippen LogP contribution in [0.2, 0.25) is 0 Å². The van der Waals surface area contributed by atoms with Gasteiger partial charge < -0.3 is 0 Å². The van der Waals surface area contributed by atoms with Crippen LogP contribution in [0.5, 0.6) is 0 Å². The number of sulfonamides is 1. The minimum absolute atomic E-state index is 0.0984. The molecule has 1 aliphatic carbocycles. The Labute approximate surface area is 130 Å². The lowest BCUT2D eigenvalue weighted by Gasteiger charge is -2.13. The van der Waals surface area contributed by atoms with Crippen molar-refractivity contribution in [1.82, 2.24) is 0 Å². The summed E-state index contributed by atoms with van der Waals surface area (Å²) >= 11 is 0. The van der Waals surface area contributed by atoms with Gasteiger partial charge in [0, 0.05) is 0 Å². The van der Waals surface area contributed by atoms with Crippen molar-refractivity contribution in [2.45, 2.75) is 18.2 Å². The van der Waals surface area contributed by atoms with Crippen LogP contribution >= 0.6 is 0 Å². The summed E-state index contributed by atoms with van der Waals surface area (Å²) in [5.74, 6) is 0. The van der Waals surface area contributed by atoms with Crippen LogP contribution in [0.15, 0.2) is 53.4 Å². The van der Waals surface area contributed by atoms with Gasteiger partial charge in [0.05, 0.1) is 17.2 Å². The molecule has 0 saturated carbocycles. The molecule has 0 aliphatic heterocycles. The van der Waals surface area contributed by atoms with Gasteiger partial charge in [-0.1, -0.05) is 30.3 Å². The third-order valence-electron chi connectivity index (χ3n) is 3.71. The van der Waals surface area contributed by atoms with E-state index in [4.69, 9.17) is 6.57 Å². The van der Waals surface area contributed by atoms with Crippen molar-refractivity contribution in [3.05, 3.63) is 71.1 Å². The van der Waals surface area contributed by atoms with Gasteiger partial charge in [0.15, 0.2) is 5.69 Å². The molecule has 1 N–H and O–H groups in total. The van der Waals surface area contributed by atoms with Gasteiger partial charge >= 0.3 is 0 Å². The molecule has 0 aromatic heterocycles. The van der Waals surface area contributed by atoms with Gasteiger partial charge in [0.2, 0.25) is 0 Å². The van der Waals surface area contributed by atoms with Gasteiger partial charge in [-0.15, -0.1) is 0 Å². The number of benzene rings is 2. The highest BCUT2D eigenvalue weighted by atomic mass is 32.2. The summed E-state index contributed by atoms with van der Waals surface area (Å²) in [4.78, 5) is 3.37. The zero-order valence-corrected chi connectivity index (χ0v) is 12.8. The largest absolute Gasteiger partial charge is 0.279 e. The summed E-state index contributed by atoms with van der Waals surface area (Å²) in [5.41, 5.74) is 4.13. The molecule has 3 rings (SSSR count). The molecule has 2 aromatic carbocycles. The van der Waals surface area contributed by atoms with Crippen LogP contribution in [0.25, 0.3) is 10.4 Å². The standard InChI is InChI=1S/C17H14N2O2S/c1-12-9-10-16-15(12)7-4-8-17(16)19-22(20,21)14-6-3-5-13(11-14)18-2/h3-9,11,19H,10H2,1H3. The number of rotatable bonds is 3. The summed E-state index contributed by atoms with van der Waals surface area (Å²) in [5, 5.41) is 0.